The van der Waals surface area contributed by atoms with E-state index < -0.39 is 18.0 Å². The fourth-order valence-electron chi connectivity index (χ4n) is 4.97. The molecule has 1 atom stereocenters. The maximum absolute atomic E-state index is 12.8. The van der Waals surface area contributed by atoms with E-state index in [1.165, 1.54) is 19.1 Å². The molecule has 0 aromatic heterocycles. The van der Waals surface area contributed by atoms with Crippen molar-refractivity contribution in [1.82, 2.24) is 0 Å². The Bertz CT molecular complexity index is 1500. The maximum atomic E-state index is 12.8. The predicted octanol–water partition coefficient (Wildman–Crippen LogP) is 7.90. The lowest BCUT2D eigenvalue weighted by Crippen LogP contribution is -2.25. The zero-order valence-corrected chi connectivity index (χ0v) is 29.7. The van der Waals surface area contributed by atoms with Crippen molar-refractivity contribution in [3.8, 4) is 23.6 Å². The Morgan fingerprint density at radius 1 is 0.714 bits per heavy atom. The van der Waals surface area contributed by atoms with Crippen LogP contribution in [-0.4, -0.2) is 61.0 Å². The van der Waals surface area contributed by atoms with Gasteiger partial charge >= 0.3 is 11.9 Å². The Labute approximate surface area is 291 Å². The van der Waals surface area contributed by atoms with Gasteiger partial charge in [0.2, 0.25) is 0 Å². The van der Waals surface area contributed by atoms with Crippen LogP contribution in [0, 0.1) is 22.7 Å². The summed E-state index contributed by atoms with van der Waals surface area (Å²) in [5, 5.41) is 40.7. The number of anilines is 2. The van der Waals surface area contributed by atoms with E-state index in [1.54, 1.807) is 30.3 Å². The molecule has 0 spiro atoms. The van der Waals surface area contributed by atoms with Crippen LogP contribution in [0.4, 0.5) is 11.4 Å². The van der Waals surface area contributed by atoms with Gasteiger partial charge < -0.3 is 29.5 Å². The SMILES string of the molecule is CCCCN(CCCC)c1ccc(C=C(C#N)C(=O)OCC(C)OC(=O)C(C#N)=Cc2ccc(N(CCCC)CCCC)cc2O)c(O)c1. The van der Waals surface area contributed by atoms with E-state index in [4.69, 9.17) is 9.47 Å². The minimum Gasteiger partial charge on any atom is -0.507 e. The number of ether oxygens (including phenoxy) is 2. The third-order valence-corrected chi connectivity index (χ3v) is 7.92. The van der Waals surface area contributed by atoms with Crippen LogP contribution >= 0.6 is 0 Å². The lowest BCUT2D eigenvalue weighted by molar-refractivity contribution is -0.152. The van der Waals surface area contributed by atoms with Crippen molar-refractivity contribution in [3.63, 3.8) is 0 Å². The van der Waals surface area contributed by atoms with Crippen molar-refractivity contribution in [2.45, 2.75) is 92.1 Å². The highest BCUT2D eigenvalue weighted by Crippen LogP contribution is 2.29. The van der Waals surface area contributed by atoms with Gasteiger partial charge in [-0.05, 0) is 69.0 Å². The number of hydrogen-bond donors (Lipinski definition) is 2. The van der Waals surface area contributed by atoms with Crippen LogP contribution < -0.4 is 9.80 Å². The van der Waals surface area contributed by atoms with Gasteiger partial charge in [0.15, 0.2) is 0 Å². The largest absolute Gasteiger partial charge is 0.507 e. The highest BCUT2D eigenvalue weighted by molar-refractivity contribution is 5.99. The summed E-state index contributed by atoms with van der Waals surface area (Å²) < 4.78 is 10.5. The second kappa shape index (κ2) is 21.8. The van der Waals surface area contributed by atoms with E-state index in [1.807, 2.05) is 18.2 Å². The molecule has 264 valence electrons. The smallest absolute Gasteiger partial charge is 0.349 e. The first-order valence-corrected chi connectivity index (χ1v) is 17.4. The van der Waals surface area contributed by atoms with Crippen LogP contribution in [0.25, 0.3) is 12.2 Å². The normalized spacial score (nSPS) is 12.1. The number of rotatable bonds is 21. The predicted molar refractivity (Wildman–Crippen MR) is 194 cm³/mol. The van der Waals surface area contributed by atoms with Crippen molar-refractivity contribution < 1.29 is 29.3 Å². The van der Waals surface area contributed by atoms with Crippen molar-refractivity contribution >= 4 is 35.5 Å². The first-order valence-electron chi connectivity index (χ1n) is 17.4. The number of benzene rings is 2. The van der Waals surface area contributed by atoms with Gasteiger partial charge in [0.1, 0.15) is 47.5 Å². The number of unbranched alkanes of at least 4 members (excludes halogenated alkanes) is 4. The summed E-state index contributed by atoms with van der Waals surface area (Å²) in [6.07, 6.45) is 9.84. The van der Waals surface area contributed by atoms with Gasteiger partial charge in [-0.15, -0.1) is 0 Å². The molecule has 0 fully saturated rings. The molecule has 0 aliphatic heterocycles. The Hall–Kier alpha value is -4.96. The number of nitriles is 2. The van der Waals surface area contributed by atoms with Gasteiger partial charge in [-0.25, -0.2) is 9.59 Å². The molecule has 2 rings (SSSR count). The number of carbonyl (C=O) groups is 2. The van der Waals surface area contributed by atoms with E-state index in [-0.39, 0.29) is 40.4 Å². The fraction of sp³-hybridized carbons (Fsp3) is 0.487. The van der Waals surface area contributed by atoms with Crippen LogP contribution in [-0.2, 0) is 19.1 Å². The highest BCUT2D eigenvalue weighted by Gasteiger charge is 2.20. The molecule has 0 bridgehead atoms. The Morgan fingerprint density at radius 3 is 1.45 bits per heavy atom. The zero-order valence-electron chi connectivity index (χ0n) is 29.7. The number of phenolic OH excluding ortho intramolecular Hbond substituents is 2. The molecular weight excluding hydrogens is 620 g/mol. The van der Waals surface area contributed by atoms with E-state index in [0.29, 0.717) is 0 Å². The summed E-state index contributed by atoms with van der Waals surface area (Å²) in [6, 6.07) is 13.9. The van der Waals surface area contributed by atoms with Gasteiger partial charge in [-0.3, -0.25) is 0 Å². The van der Waals surface area contributed by atoms with Gasteiger partial charge in [-0.1, -0.05) is 53.4 Å². The maximum Gasteiger partial charge on any atom is 0.349 e. The molecule has 1 unspecified atom stereocenters. The second-order valence-electron chi connectivity index (χ2n) is 12.0. The Kier molecular flexibility index (Phi) is 17.9. The van der Waals surface area contributed by atoms with Gasteiger partial charge in [0, 0.05) is 60.8 Å². The lowest BCUT2D eigenvalue weighted by atomic mass is 10.1. The number of aromatic hydroxyl groups is 2. The molecule has 2 aromatic carbocycles. The van der Waals surface area contributed by atoms with Gasteiger partial charge in [0.25, 0.3) is 0 Å². The summed E-state index contributed by atoms with van der Waals surface area (Å²) in [5.41, 5.74) is 1.63. The highest BCUT2D eigenvalue weighted by atomic mass is 16.6. The molecule has 0 amide bonds. The molecule has 10 heteroatoms. The third-order valence-electron chi connectivity index (χ3n) is 7.92. The van der Waals surface area contributed by atoms with Crippen molar-refractivity contribution in [2.24, 2.45) is 0 Å². The summed E-state index contributed by atoms with van der Waals surface area (Å²) in [7, 11) is 0. The number of hydrogen-bond acceptors (Lipinski definition) is 10. The number of nitrogens with zero attached hydrogens (tertiary/aromatic N) is 4. The second-order valence-corrected chi connectivity index (χ2v) is 12.0. The molecule has 0 aliphatic rings. The molecule has 49 heavy (non-hydrogen) atoms. The van der Waals surface area contributed by atoms with Crippen molar-refractivity contribution in [2.75, 3.05) is 42.6 Å². The van der Waals surface area contributed by atoms with Crippen LogP contribution in [0.2, 0.25) is 0 Å². The number of phenols is 2. The standard InChI is InChI=1S/C39H52N4O6/c1-6-10-18-42(19-11-7-2)34-16-14-30(36(44)24-34)22-32(26-40)38(46)48-28-29(5)49-39(47)33(27-41)23-31-15-17-35(25-37(31)45)43(20-12-8-3)21-13-9-4/h14-17,22-25,29,44-45H,6-13,18-21,28H2,1-5H3. The van der Waals surface area contributed by atoms with E-state index in [0.717, 1.165) is 88.9 Å². The van der Waals surface area contributed by atoms with E-state index in [2.05, 4.69) is 37.5 Å². The van der Waals surface area contributed by atoms with Crippen molar-refractivity contribution in [1.29, 1.82) is 10.5 Å². The summed E-state index contributed by atoms with van der Waals surface area (Å²) in [4.78, 5) is 29.9. The summed E-state index contributed by atoms with van der Waals surface area (Å²) in [6.45, 7) is 13.1. The van der Waals surface area contributed by atoms with Crippen LogP contribution in [0.5, 0.6) is 11.5 Å². The third kappa shape index (κ3) is 13.2. The quantitative estimate of drug-likeness (QED) is 0.0762. The number of esters is 2. The molecular formula is C39H52N4O6. The molecule has 0 aliphatic carbocycles. The van der Waals surface area contributed by atoms with Crippen LogP contribution in [0.15, 0.2) is 47.5 Å². The molecule has 0 saturated heterocycles. The number of carbonyl (C=O) groups excluding carboxylic acids is 2. The summed E-state index contributed by atoms with van der Waals surface area (Å²) >= 11 is 0. The van der Waals surface area contributed by atoms with Crippen LogP contribution in [0.3, 0.4) is 0 Å². The van der Waals surface area contributed by atoms with E-state index in [9.17, 15) is 30.3 Å². The molecule has 0 radical (unpaired) electrons. The molecule has 0 saturated carbocycles. The molecule has 2 N–H and O–H groups in total. The molecule has 0 heterocycles. The average molecular weight is 673 g/mol. The fourth-order valence-corrected chi connectivity index (χ4v) is 4.97. The Balaban J connectivity index is 2.07. The minimum atomic E-state index is -0.950. The molecule has 10 nitrogen and oxygen atoms in total. The zero-order chi connectivity index (χ0) is 36.2. The minimum absolute atomic E-state index is 0.0693. The van der Waals surface area contributed by atoms with Crippen LogP contribution in [0.1, 0.15) is 97.1 Å². The van der Waals surface area contributed by atoms with Gasteiger partial charge in [0.05, 0.1) is 0 Å². The average Bonchev–Trinajstić information content (AvgIpc) is 3.09. The summed E-state index contributed by atoms with van der Waals surface area (Å²) in [5.74, 6) is -2.04. The molecule has 2 aromatic rings. The topological polar surface area (TPSA) is 147 Å². The van der Waals surface area contributed by atoms with Crippen molar-refractivity contribution in [3.05, 3.63) is 58.7 Å². The van der Waals surface area contributed by atoms with Gasteiger partial charge in [-0.2, -0.15) is 10.5 Å². The van der Waals surface area contributed by atoms with E-state index >= 15 is 0 Å². The monoisotopic (exact) mass is 672 g/mol. The Morgan fingerprint density at radius 2 is 1.10 bits per heavy atom. The first-order chi connectivity index (χ1) is 23.6. The lowest BCUT2D eigenvalue weighted by Gasteiger charge is -2.25. The first kappa shape index (κ1) is 40.2.